The van der Waals surface area contributed by atoms with E-state index in [2.05, 4.69) is 41.8 Å². The number of hydrogen-bond acceptors (Lipinski definition) is 4. The summed E-state index contributed by atoms with van der Waals surface area (Å²) in [5.41, 5.74) is 1.28. The Bertz CT molecular complexity index is 520. The Labute approximate surface area is 142 Å². The second-order valence-electron chi connectivity index (χ2n) is 6.60. The zero-order valence-corrected chi connectivity index (χ0v) is 14.6. The Morgan fingerprint density at radius 3 is 2.74 bits per heavy atom. The molecule has 1 saturated carbocycles. The van der Waals surface area contributed by atoms with Crippen LogP contribution in [0.1, 0.15) is 31.2 Å². The minimum absolute atomic E-state index is 0.0699. The molecule has 1 heterocycles. The normalized spacial score (nSPS) is 23.6. The van der Waals surface area contributed by atoms with Crippen molar-refractivity contribution in [2.75, 3.05) is 26.3 Å². The van der Waals surface area contributed by atoms with Crippen molar-refractivity contribution in [3.05, 3.63) is 29.8 Å². The molecule has 1 aromatic carbocycles. The van der Waals surface area contributed by atoms with Crippen LogP contribution in [0.3, 0.4) is 0 Å². The standard InChI is InChI=1S/C18H26N2O2S/c1-14-4-6-15(7-5-14)23-18(8-2-3-9-18)13-20-17(21)16-12-22-11-10-19-16/h4-7,16,19H,2-3,8-13H2,1H3,(H,20,21). The largest absolute Gasteiger partial charge is 0.378 e. The first-order valence-electron chi connectivity index (χ1n) is 8.51. The molecule has 0 spiro atoms. The fourth-order valence-electron chi connectivity index (χ4n) is 3.30. The van der Waals surface area contributed by atoms with E-state index in [-0.39, 0.29) is 16.7 Å². The lowest BCUT2D eigenvalue weighted by Gasteiger charge is -2.30. The number of carbonyl (C=O) groups excluding carboxylic acids is 1. The Morgan fingerprint density at radius 1 is 1.35 bits per heavy atom. The number of ether oxygens (including phenoxy) is 1. The molecule has 126 valence electrons. The van der Waals surface area contributed by atoms with Crippen molar-refractivity contribution >= 4 is 17.7 Å². The van der Waals surface area contributed by atoms with E-state index in [1.54, 1.807) is 0 Å². The first-order chi connectivity index (χ1) is 11.2. The summed E-state index contributed by atoms with van der Waals surface area (Å²) in [5, 5.41) is 6.38. The molecule has 2 aliphatic rings. The lowest BCUT2D eigenvalue weighted by molar-refractivity contribution is -0.126. The predicted octanol–water partition coefficient (Wildman–Crippen LogP) is 2.50. The average Bonchev–Trinajstić information content (AvgIpc) is 3.04. The maximum absolute atomic E-state index is 12.3. The van der Waals surface area contributed by atoms with E-state index in [0.29, 0.717) is 13.2 Å². The van der Waals surface area contributed by atoms with Gasteiger partial charge in [0.25, 0.3) is 0 Å². The van der Waals surface area contributed by atoms with Gasteiger partial charge in [-0.05, 0) is 31.9 Å². The second-order valence-corrected chi connectivity index (χ2v) is 8.15. The van der Waals surface area contributed by atoms with Crippen LogP contribution in [0.4, 0.5) is 0 Å². The van der Waals surface area contributed by atoms with Crippen LogP contribution in [0.15, 0.2) is 29.2 Å². The van der Waals surface area contributed by atoms with Crippen LogP contribution in [0.25, 0.3) is 0 Å². The molecule has 5 heteroatoms. The summed E-state index contributed by atoms with van der Waals surface area (Å²) < 4.78 is 5.52. The highest BCUT2D eigenvalue weighted by atomic mass is 32.2. The molecule has 0 radical (unpaired) electrons. The Balaban J connectivity index is 1.59. The highest BCUT2D eigenvalue weighted by Gasteiger charge is 2.36. The number of morpholine rings is 1. The van der Waals surface area contributed by atoms with Gasteiger partial charge in [0.2, 0.25) is 5.91 Å². The number of aryl methyl sites for hydroxylation is 1. The van der Waals surface area contributed by atoms with Crippen molar-refractivity contribution in [1.82, 2.24) is 10.6 Å². The molecule has 0 bridgehead atoms. The third-order valence-electron chi connectivity index (χ3n) is 4.69. The Morgan fingerprint density at radius 2 is 2.09 bits per heavy atom. The third kappa shape index (κ3) is 4.49. The van der Waals surface area contributed by atoms with E-state index in [9.17, 15) is 4.79 Å². The van der Waals surface area contributed by atoms with E-state index >= 15 is 0 Å². The van der Waals surface area contributed by atoms with E-state index in [1.165, 1.54) is 36.1 Å². The summed E-state index contributed by atoms with van der Waals surface area (Å²) >= 11 is 1.93. The lowest BCUT2D eigenvalue weighted by Crippen LogP contribution is -2.53. The van der Waals surface area contributed by atoms with Gasteiger partial charge in [-0.15, -0.1) is 11.8 Å². The van der Waals surface area contributed by atoms with Crippen molar-refractivity contribution in [3.8, 4) is 0 Å². The fourth-order valence-corrected chi connectivity index (χ4v) is 4.71. The van der Waals surface area contributed by atoms with Crippen LogP contribution in [0.5, 0.6) is 0 Å². The van der Waals surface area contributed by atoms with Gasteiger partial charge in [0.05, 0.1) is 13.2 Å². The monoisotopic (exact) mass is 334 g/mol. The summed E-state index contributed by atoms with van der Waals surface area (Å²) in [4.78, 5) is 13.6. The van der Waals surface area contributed by atoms with E-state index in [1.807, 2.05) is 11.8 Å². The summed E-state index contributed by atoms with van der Waals surface area (Å²) in [6.07, 6.45) is 4.83. The SMILES string of the molecule is Cc1ccc(SC2(CNC(=O)C3COCCN3)CCCC2)cc1. The third-order valence-corrected chi connectivity index (χ3v) is 6.19. The fraction of sp³-hybridized carbons (Fsp3) is 0.611. The molecule has 2 fully saturated rings. The van der Waals surface area contributed by atoms with Crippen molar-refractivity contribution in [2.45, 2.75) is 48.3 Å². The first kappa shape index (κ1) is 16.8. The van der Waals surface area contributed by atoms with E-state index in [4.69, 9.17) is 4.74 Å². The van der Waals surface area contributed by atoms with E-state index in [0.717, 1.165) is 13.1 Å². The Hall–Kier alpha value is -1.04. The van der Waals surface area contributed by atoms with Crippen LogP contribution in [0, 0.1) is 6.92 Å². The van der Waals surface area contributed by atoms with Gasteiger partial charge >= 0.3 is 0 Å². The van der Waals surface area contributed by atoms with Crippen LogP contribution in [0.2, 0.25) is 0 Å². The molecule has 1 aromatic rings. The van der Waals surface area contributed by atoms with Crippen molar-refractivity contribution in [1.29, 1.82) is 0 Å². The number of hydrogen-bond donors (Lipinski definition) is 2. The number of thioether (sulfide) groups is 1. The highest BCUT2D eigenvalue weighted by molar-refractivity contribution is 8.00. The minimum Gasteiger partial charge on any atom is -0.378 e. The van der Waals surface area contributed by atoms with Crippen molar-refractivity contribution in [2.24, 2.45) is 0 Å². The summed E-state index contributed by atoms with van der Waals surface area (Å²) in [7, 11) is 0. The smallest absolute Gasteiger partial charge is 0.239 e. The molecule has 0 aromatic heterocycles. The van der Waals surface area contributed by atoms with Gasteiger partial charge in [-0.1, -0.05) is 30.5 Å². The van der Waals surface area contributed by atoms with Crippen LogP contribution in [-0.4, -0.2) is 43.0 Å². The molecule has 3 rings (SSSR count). The molecule has 1 amide bonds. The van der Waals surface area contributed by atoms with Gasteiger partial charge in [-0.2, -0.15) is 0 Å². The van der Waals surface area contributed by atoms with Gasteiger partial charge in [0.15, 0.2) is 0 Å². The van der Waals surface area contributed by atoms with Gasteiger partial charge < -0.3 is 15.4 Å². The minimum atomic E-state index is -0.202. The van der Waals surface area contributed by atoms with Crippen molar-refractivity contribution in [3.63, 3.8) is 0 Å². The second kappa shape index (κ2) is 7.69. The molecule has 2 N–H and O–H groups in total. The molecule has 4 nitrogen and oxygen atoms in total. The van der Waals surface area contributed by atoms with Crippen LogP contribution in [-0.2, 0) is 9.53 Å². The van der Waals surface area contributed by atoms with Gasteiger partial charge in [-0.25, -0.2) is 0 Å². The van der Waals surface area contributed by atoms with Crippen LogP contribution >= 0.6 is 11.8 Å². The topological polar surface area (TPSA) is 50.4 Å². The van der Waals surface area contributed by atoms with Gasteiger partial charge in [0, 0.05) is 22.7 Å². The highest BCUT2D eigenvalue weighted by Crippen LogP contribution is 2.44. The molecular formula is C18H26N2O2S. The number of benzene rings is 1. The molecule has 1 atom stereocenters. The molecule has 23 heavy (non-hydrogen) atoms. The maximum atomic E-state index is 12.3. The zero-order chi connectivity index (χ0) is 16.1. The molecule has 1 aliphatic carbocycles. The number of amides is 1. The number of rotatable bonds is 5. The average molecular weight is 334 g/mol. The van der Waals surface area contributed by atoms with E-state index < -0.39 is 0 Å². The quantitative estimate of drug-likeness (QED) is 0.869. The zero-order valence-electron chi connectivity index (χ0n) is 13.8. The lowest BCUT2D eigenvalue weighted by atomic mass is 10.1. The molecule has 1 unspecified atom stereocenters. The molecule has 1 saturated heterocycles. The van der Waals surface area contributed by atoms with Crippen LogP contribution < -0.4 is 10.6 Å². The maximum Gasteiger partial charge on any atom is 0.239 e. The molecule has 1 aliphatic heterocycles. The number of nitrogens with one attached hydrogen (secondary N) is 2. The van der Waals surface area contributed by atoms with Crippen molar-refractivity contribution < 1.29 is 9.53 Å². The van der Waals surface area contributed by atoms with Gasteiger partial charge in [0.1, 0.15) is 6.04 Å². The summed E-state index contributed by atoms with van der Waals surface area (Å²) in [6.45, 7) is 4.77. The molecular weight excluding hydrogens is 308 g/mol. The summed E-state index contributed by atoms with van der Waals surface area (Å²) in [5.74, 6) is 0.0699. The first-order valence-corrected chi connectivity index (χ1v) is 9.33. The number of carbonyl (C=O) groups is 1. The Kier molecular flexibility index (Phi) is 5.62. The van der Waals surface area contributed by atoms with Gasteiger partial charge in [-0.3, -0.25) is 4.79 Å². The predicted molar refractivity (Wildman–Crippen MR) is 93.9 cm³/mol. The summed E-state index contributed by atoms with van der Waals surface area (Å²) in [6, 6.07) is 8.50.